The van der Waals surface area contributed by atoms with Crippen LogP contribution < -0.4 is 10.4 Å². The van der Waals surface area contributed by atoms with Crippen molar-refractivity contribution in [2.24, 2.45) is 0 Å². The number of hydrogen-bond donors (Lipinski definition) is 0. The summed E-state index contributed by atoms with van der Waals surface area (Å²) in [6.45, 7) is 1.97. The van der Waals surface area contributed by atoms with Crippen LogP contribution in [0.25, 0.3) is 0 Å². The molecule has 0 spiro atoms. The lowest BCUT2D eigenvalue weighted by molar-refractivity contribution is 0.131. The molecule has 1 aliphatic carbocycles. The van der Waals surface area contributed by atoms with Crippen LogP contribution in [0.2, 0.25) is 0 Å². The van der Waals surface area contributed by atoms with E-state index in [2.05, 4.69) is 33.0 Å². The summed E-state index contributed by atoms with van der Waals surface area (Å²) in [5.41, 5.74) is 2.16. The predicted octanol–water partition coefficient (Wildman–Crippen LogP) is 4.67. The predicted molar refractivity (Wildman–Crippen MR) is 116 cm³/mol. The number of aryl methyl sites for hydroxylation is 2. The molecule has 2 aliphatic rings. The number of nitrogens with zero attached hydrogens (tertiary/aromatic N) is 4. The van der Waals surface area contributed by atoms with Crippen LogP contribution in [0.5, 0.6) is 5.06 Å². The van der Waals surface area contributed by atoms with E-state index in [0.717, 1.165) is 59.0 Å². The highest BCUT2D eigenvalue weighted by Gasteiger charge is 2.32. The van der Waals surface area contributed by atoms with Gasteiger partial charge in [0.05, 0.1) is 23.9 Å². The molecule has 3 aromatic rings. The molecule has 0 bridgehead atoms. The molecule has 8 heteroatoms. The number of halogens is 1. The minimum Gasteiger partial charge on any atom is -0.479 e. The van der Waals surface area contributed by atoms with Gasteiger partial charge >= 0.3 is 5.69 Å². The number of fused-ring (bicyclic) bond motifs is 1. The minimum absolute atomic E-state index is 0.0398. The summed E-state index contributed by atoms with van der Waals surface area (Å²) in [6.07, 6.45) is 5.67. The van der Waals surface area contributed by atoms with E-state index in [0.29, 0.717) is 0 Å². The lowest BCUT2D eigenvalue weighted by Crippen LogP contribution is -2.33. The molecule has 0 radical (unpaired) electrons. The van der Waals surface area contributed by atoms with E-state index >= 15 is 0 Å². The molecular weight excluding hydrogens is 452 g/mol. The molecule has 0 unspecified atom stereocenters. The zero-order valence-electron chi connectivity index (χ0n) is 16.3. The number of ether oxygens (including phenoxy) is 1. The minimum atomic E-state index is 0.0398. The lowest BCUT2D eigenvalue weighted by Gasteiger charge is -2.28. The van der Waals surface area contributed by atoms with Gasteiger partial charge in [-0.3, -0.25) is 4.57 Å². The maximum Gasteiger partial charge on any atom is 0.346 e. The largest absolute Gasteiger partial charge is 0.479 e. The van der Waals surface area contributed by atoms with E-state index < -0.39 is 0 Å². The third-order valence-electron chi connectivity index (χ3n) is 6.03. The molecule has 0 N–H and O–H groups in total. The summed E-state index contributed by atoms with van der Waals surface area (Å²) < 4.78 is 10.7. The van der Waals surface area contributed by atoms with Crippen molar-refractivity contribution in [2.75, 3.05) is 0 Å². The third-order valence-corrected chi connectivity index (χ3v) is 7.53. The van der Waals surface area contributed by atoms with Crippen LogP contribution in [-0.2, 0) is 6.42 Å². The van der Waals surface area contributed by atoms with Gasteiger partial charge in [0.2, 0.25) is 0 Å². The second-order valence-corrected chi connectivity index (χ2v) is 10.1. The fourth-order valence-electron chi connectivity index (χ4n) is 4.56. The van der Waals surface area contributed by atoms with E-state index in [1.165, 1.54) is 16.9 Å². The van der Waals surface area contributed by atoms with Crippen molar-refractivity contribution >= 4 is 27.3 Å². The zero-order chi connectivity index (χ0) is 20.0. The average molecular weight is 475 g/mol. The summed E-state index contributed by atoms with van der Waals surface area (Å²) >= 11 is 4.95. The van der Waals surface area contributed by atoms with Gasteiger partial charge in [0.1, 0.15) is 5.82 Å². The summed E-state index contributed by atoms with van der Waals surface area (Å²) in [6, 6.07) is 10.6. The molecule has 5 rings (SSSR count). The van der Waals surface area contributed by atoms with Crippen molar-refractivity contribution < 1.29 is 4.74 Å². The van der Waals surface area contributed by atoms with Gasteiger partial charge in [-0.2, -0.15) is 5.10 Å². The molecule has 1 aliphatic heterocycles. The second-order valence-electron chi connectivity index (χ2n) is 7.87. The number of thiazole rings is 1. The Hall–Kier alpha value is -1.93. The first-order chi connectivity index (χ1) is 14.1. The zero-order valence-corrected chi connectivity index (χ0v) is 18.7. The van der Waals surface area contributed by atoms with Crippen molar-refractivity contribution in [3.05, 3.63) is 61.8 Å². The van der Waals surface area contributed by atoms with E-state index in [1.807, 2.05) is 29.7 Å². The molecule has 152 valence electrons. The van der Waals surface area contributed by atoms with E-state index in [-0.39, 0.29) is 23.9 Å². The first-order valence-electron chi connectivity index (χ1n) is 10.1. The van der Waals surface area contributed by atoms with Crippen LogP contribution in [0.15, 0.2) is 39.0 Å². The first-order valence-corrected chi connectivity index (χ1v) is 11.8. The van der Waals surface area contributed by atoms with Crippen LogP contribution >= 0.6 is 27.3 Å². The quantitative estimate of drug-likeness (QED) is 0.550. The van der Waals surface area contributed by atoms with Crippen LogP contribution in [0, 0.1) is 6.92 Å². The molecule has 0 saturated heterocycles. The Balaban J connectivity index is 1.30. The number of rotatable bonds is 4. The van der Waals surface area contributed by atoms with Crippen molar-refractivity contribution in [3.63, 3.8) is 0 Å². The van der Waals surface area contributed by atoms with Gasteiger partial charge in [-0.15, -0.1) is 0 Å². The van der Waals surface area contributed by atoms with Gasteiger partial charge in [-0.25, -0.2) is 14.5 Å². The molecule has 6 nitrogen and oxygen atoms in total. The van der Waals surface area contributed by atoms with Crippen LogP contribution in [0.3, 0.4) is 0 Å². The topological polar surface area (TPSA) is 61.9 Å². The van der Waals surface area contributed by atoms with Crippen LogP contribution in [-0.4, -0.2) is 25.4 Å². The highest BCUT2D eigenvalue weighted by Crippen LogP contribution is 2.36. The second kappa shape index (κ2) is 7.72. The molecule has 29 heavy (non-hydrogen) atoms. The molecule has 0 amide bonds. The molecule has 1 atom stereocenters. The maximum atomic E-state index is 13.2. The summed E-state index contributed by atoms with van der Waals surface area (Å²) in [7, 11) is 0. The molecule has 1 aromatic carbocycles. The van der Waals surface area contributed by atoms with Crippen LogP contribution in [0.4, 0.5) is 0 Å². The number of hydrogen-bond acceptors (Lipinski definition) is 5. The van der Waals surface area contributed by atoms with Gasteiger partial charge in [0, 0.05) is 6.42 Å². The van der Waals surface area contributed by atoms with Crippen molar-refractivity contribution in [1.29, 1.82) is 0 Å². The van der Waals surface area contributed by atoms with Crippen LogP contribution in [0.1, 0.15) is 61.3 Å². The SMILES string of the molecule is Cc1nc(Br)sc1OC1CCC(n2nc3n(c2=O)[C@H](c2ccccc2)CC3)CC1. The fraction of sp³-hybridized carbons (Fsp3) is 0.476. The van der Waals surface area contributed by atoms with Gasteiger partial charge in [0.15, 0.2) is 8.98 Å². The summed E-state index contributed by atoms with van der Waals surface area (Å²) in [5, 5.41) is 5.62. The lowest BCUT2D eigenvalue weighted by atomic mass is 9.93. The average Bonchev–Trinajstić information content (AvgIpc) is 3.38. The number of benzene rings is 1. The van der Waals surface area contributed by atoms with Gasteiger partial charge in [-0.1, -0.05) is 41.7 Å². The highest BCUT2D eigenvalue weighted by atomic mass is 79.9. The Morgan fingerprint density at radius 2 is 1.90 bits per heavy atom. The smallest absolute Gasteiger partial charge is 0.346 e. The Morgan fingerprint density at radius 3 is 2.59 bits per heavy atom. The normalized spacial score (nSPS) is 23.9. The molecule has 1 saturated carbocycles. The summed E-state index contributed by atoms with van der Waals surface area (Å²) in [5.74, 6) is 0.923. The Bertz CT molecular complexity index is 1070. The Kier molecular flexibility index (Phi) is 5.07. The van der Waals surface area contributed by atoms with Crippen molar-refractivity contribution in [3.8, 4) is 5.06 Å². The monoisotopic (exact) mass is 474 g/mol. The molecule has 3 heterocycles. The molecule has 2 aromatic heterocycles. The maximum absolute atomic E-state index is 13.2. The molecular formula is C21H23BrN4O2S. The first kappa shape index (κ1) is 19.1. The fourth-order valence-corrected chi connectivity index (χ4v) is 5.98. The Labute approximate surface area is 181 Å². The van der Waals surface area contributed by atoms with Crippen molar-refractivity contribution in [2.45, 2.75) is 63.6 Å². The Morgan fingerprint density at radius 1 is 1.14 bits per heavy atom. The standard InChI is InChI=1S/C21H23BrN4O2S/c1-13-19(29-20(22)23-13)28-16-9-7-15(8-10-16)26-21(27)25-17(11-12-18(25)24-26)14-5-3-2-4-6-14/h2-6,15-17H,7-12H2,1H3/t15?,16?,17-/m0/s1. The van der Waals surface area contributed by atoms with Crippen molar-refractivity contribution in [1.82, 2.24) is 19.3 Å². The van der Waals surface area contributed by atoms with Gasteiger partial charge < -0.3 is 4.74 Å². The summed E-state index contributed by atoms with van der Waals surface area (Å²) in [4.78, 5) is 17.5. The third kappa shape index (κ3) is 3.57. The van der Waals surface area contributed by atoms with Gasteiger partial charge in [-0.05, 0) is 60.5 Å². The number of aromatic nitrogens is 4. The highest BCUT2D eigenvalue weighted by molar-refractivity contribution is 9.11. The molecule has 1 fully saturated rings. The van der Waals surface area contributed by atoms with E-state index in [1.54, 1.807) is 4.68 Å². The van der Waals surface area contributed by atoms with Gasteiger partial charge in [0.25, 0.3) is 0 Å². The van der Waals surface area contributed by atoms with E-state index in [9.17, 15) is 4.79 Å². The van der Waals surface area contributed by atoms with E-state index in [4.69, 9.17) is 9.84 Å².